The van der Waals surface area contributed by atoms with Gasteiger partial charge in [-0.05, 0) is 48.1 Å². The van der Waals surface area contributed by atoms with Gasteiger partial charge in [0.25, 0.3) is 11.8 Å². The van der Waals surface area contributed by atoms with E-state index in [1.807, 2.05) is 6.07 Å². The zero-order chi connectivity index (χ0) is 33.5. The topological polar surface area (TPSA) is 193 Å². The lowest BCUT2D eigenvalue weighted by Crippen LogP contribution is -2.60. The SMILES string of the molecule is CC(C)C(NC(O)C(C)NC(=O)C(NC(=O)c1ccnc2ccccc12)C(C)(C)C)C(=O)C(=O)NCc1ccc(C(N)=O)cc1. The van der Waals surface area contributed by atoms with Gasteiger partial charge in [-0.15, -0.1) is 0 Å². The Morgan fingerprint density at radius 2 is 1.56 bits per heavy atom. The van der Waals surface area contributed by atoms with Gasteiger partial charge < -0.3 is 26.8 Å². The quantitative estimate of drug-likeness (QED) is 0.123. The molecule has 4 atom stereocenters. The van der Waals surface area contributed by atoms with Crippen LogP contribution in [0.1, 0.15) is 67.8 Å². The summed E-state index contributed by atoms with van der Waals surface area (Å²) < 4.78 is 0. The molecule has 0 bridgehead atoms. The number of aliphatic hydroxyl groups excluding tert-OH is 1. The monoisotopic (exact) mass is 618 g/mol. The first-order valence-corrected chi connectivity index (χ1v) is 14.7. The van der Waals surface area contributed by atoms with Crippen molar-refractivity contribution in [3.05, 3.63) is 77.5 Å². The molecule has 0 saturated heterocycles. The van der Waals surface area contributed by atoms with Crippen molar-refractivity contribution >= 4 is 40.3 Å². The molecule has 0 radical (unpaired) electrons. The number of rotatable bonds is 13. The highest BCUT2D eigenvalue weighted by Crippen LogP contribution is 2.22. The number of benzene rings is 2. The second-order valence-corrected chi connectivity index (χ2v) is 12.4. The molecule has 0 saturated carbocycles. The lowest BCUT2D eigenvalue weighted by molar-refractivity contribution is -0.140. The Morgan fingerprint density at radius 1 is 0.911 bits per heavy atom. The first kappa shape index (κ1) is 34.8. The molecular weight excluding hydrogens is 576 g/mol. The molecule has 0 spiro atoms. The molecule has 2 aromatic carbocycles. The van der Waals surface area contributed by atoms with E-state index in [0.717, 1.165) is 0 Å². The molecule has 3 aromatic rings. The van der Waals surface area contributed by atoms with Crippen LogP contribution in [0.15, 0.2) is 60.8 Å². The van der Waals surface area contributed by atoms with E-state index in [4.69, 9.17) is 5.73 Å². The van der Waals surface area contributed by atoms with Crippen LogP contribution in [0.2, 0.25) is 0 Å². The van der Waals surface area contributed by atoms with E-state index in [2.05, 4.69) is 26.3 Å². The fourth-order valence-corrected chi connectivity index (χ4v) is 4.66. The summed E-state index contributed by atoms with van der Waals surface area (Å²) in [6, 6.07) is 12.1. The maximum Gasteiger partial charge on any atom is 0.289 e. The van der Waals surface area contributed by atoms with Crippen molar-refractivity contribution in [3.63, 3.8) is 0 Å². The summed E-state index contributed by atoms with van der Waals surface area (Å²) in [5.41, 5.74) is 6.54. The predicted molar refractivity (Wildman–Crippen MR) is 170 cm³/mol. The first-order valence-electron chi connectivity index (χ1n) is 14.7. The first-order chi connectivity index (χ1) is 21.1. The van der Waals surface area contributed by atoms with Gasteiger partial charge in [0.05, 0.1) is 23.2 Å². The Hall–Kier alpha value is -4.68. The molecule has 1 aromatic heterocycles. The maximum absolute atomic E-state index is 13.4. The molecule has 0 aliphatic heterocycles. The largest absolute Gasteiger partial charge is 0.376 e. The fourth-order valence-electron chi connectivity index (χ4n) is 4.66. The summed E-state index contributed by atoms with van der Waals surface area (Å²) in [4.78, 5) is 68.0. The van der Waals surface area contributed by atoms with Crippen molar-refractivity contribution in [1.82, 2.24) is 26.3 Å². The van der Waals surface area contributed by atoms with Crippen LogP contribution in [-0.2, 0) is 20.9 Å². The van der Waals surface area contributed by atoms with Gasteiger partial charge >= 0.3 is 0 Å². The van der Waals surface area contributed by atoms with E-state index in [1.54, 1.807) is 77.9 Å². The predicted octanol–water partition coefficient (Wildman–Crippen LogP) is 1.80. The van der Waals surface area contributed by atoms with Crippen molar-refractivity contribution in [2.75, 3.05) is 0 Å². The van der Waals surface area contributed by atoms with Gasteiger partial charge in [-0.3, -0.25) is 34.3 Å². The Balaban J connectivity index is 1.64. The van der Waals surface area contributed by atoms with Crippen molar-refractivity contribution < 1.29 is 29.1 Å². The third-order valence-electron chi connectivity index (χ3n) is 7.36. The number of ketones is 1. The normalized spacial score (nSPS) is 14.2. The lowest BCUT2D eigenvalue weighted by Gasteiger charge is -2.33. The third kappa shape index (κ3) is 9.16. The summed E-state index contributed by atoms with van der Waals surface area (Å²) in [5.74, 6) is -3.59. The minimum absolute atomic E-state index is 0.0403. The average molecular weight is 619 g/mol. The molecular formula is C33H42N6O6. The Morgan fingerprint density at radius 3 is 2.16 bits per heavy atom. The maximum atomic E-state index is 13.4. The minimum Gasteiger partial charge on any atom is -0.376 e. The molecule has 0 aliphatic rings. The van der Waals surface area contributed by atoms with Gasteiger partial charge in [0, 0.05) is 23.7 Å². The molecule has 4 amide bonds. The summed E-state index contributed by atoms with van der Waals surface area (Å²) in [5, 5.41) is 22.4. The van der Waals surface area contributed by atoms with Gasteiger partial charge in [0.15, 0.2) is 0 Å². The van der Waals surface area contributed by atoms with Crippen molar-refractivity contribution in [2.24, 2.45) is 17.1 Å². The highest BCUT2D eigenvalue weighted by atomic mass is 16.3. The molecule has 1 heterocycles. The Kier molecular flexibility index (Phi) is 11.5. The van der Waals surface area contributed by atoms with Crippen LogP contribution in [0.4, 0.5) is 0 Å². The number of nitrogens with zero attached hydrogens (tertiary/aromatic N) is 1. The van der Waals surface area contributed by atoms with Gasteiger partial charge in [-0.2, -0.15) is 0 Å². The second-order valence-electron chi connectivity index (χ2n) is 12.4. The minimum atomic E-state index is -1.40. The molecule has 0 fully saturated rings. The zero-order valence-corrected chi connectivity index (χ0v) is 26.4. The third-order valence-corrected chi connectivity index (χ3v) is 7.36. The number of primary amides is 1. The number of amides is 4. The summed E-state index contributed by atoms with van der Waals surface area (Å²) in [6.45, 7) is 10.4. The van der Waals surface area contributed by atoms with Crippen LogP contribution in [0.5, 0.6) is 0 Å². The number of fused-ring (bicyclic) bond motifs is 1. The van der Waals surface area contributed by atoms with Gasteiger partial charge in [0.2, 0.25) is 17.6 Å². The molecule has 240 valence electrons. The van der Waals surface area contributed by atoms with Crippen LogP contribution in [-0.4, -0.2) is 63.9 Å². The molecule has 45 heavy (non-hydrogen) atoms. The zero-order valence-electron chi connectivity index (χ0n) is 26.4. The molecule has 12 heteroatoms. The average Bonchev–Trinajstić information content (AvgIpc) is 2.99. The Labute approximate surface area is 262 Å². The lowest BCUT2D eigenvalue weighted by atomic mass is 9.85. The molecule has 3 rings (SSSR count). The molecule has 7 N–H and O–H groups in total. The van der Waals surface area contributed by atoms with E-state index in [-0.39, 0.29) is 12.5 Å². The van der Waals surface area contributed by atoms with Gasteiger partial charge in [-0.1, -0.05) is 65.0 Å². The van der Waals surface area contributed by atoms with E-state index in [0.29, 0.717) is 27.6 Å². The van der Waals surface area contributed by atoms with Crippen LogP contribution in [0.25, 0.3) is 10.9 Å². The van der Waals surface area contributed by atoms with E-state index in [9.17, 15) is 29.1 Å². The summed E-state index contributed by atoms with van der Waals surface area (Å²) in [6.07, 6.45) is 0.128. The van der Waals surface area contributed by atoms with Crippen LogP contribution in [0, 0.1) is 11.3 Å². The number of pyridine rings is 1. The summed E-state index contributed by atoms with van der Waals surface area (Å²) in [7, 11) is 0. The molecule has 0 aliphatic carbocycles. The smallest absolute Gasteiger partial charge is 0.289 e. The van der Waals surface area contributed by atoms with Gasteiger partial charge in [0.1, 0.15) is 12.3 Å². The number of nitrogens with one attached hydrogen (secondary N) is 4. The van der Waals surface area contributed by atoms with E-state index >= 15 is 0 Å². The van der Waals surface area contributed by atoms with Crippen molar-refractivity contribution in [3.8, 4) is 0 Å². The number of nitrogens with two attached hydrogens (primary N) is 1. The number of hydrogen-bond donors (Lipinski definition) is 6. The standard InChI is InChI=1S/C33H42N6O6/c1-18(2)25(26(40)31(44)36-17-20-11-13-21(14-12-20)28(34)41)38-29(42)19(3)37-32(45)27(33(4,5)6)39-30(43)23-15-16-35-24-10-8-7-9-22(23)24/h7-16,18-19,25,27,29,38,42H,17H2,1-6H3,(H2,34,41)(H,36,44)(H,37,45)(H,39,43). The number of aliphatic hydroxyl groups is 1. The molecule has 12 nitrogen and oxygen atoms in total. The van der Waals surface area contributed by atoms with Crippen LogP contribution >= 0.6 is 0 Å². The van der Waals surface area contributed by atoms with Crippen LogP contribution in [0.3, 0.4) is 0 Å². The number of Topliss-reactive ketones (excluding diaryl/α,β-unsaturated/α-hetero) is 1. The highest BCUT2D eigenvalue weighted by Gasteiger charge is 2.36. The van der Waals surface area contributed by atoms with Crippen molar-refractivity contribution in [1.29, 1.82) is 0 Å². The van der Waals surface area contributed by atoms with E-state index in [1.165, 1.54) is 18.3 Å². The fraction of sp³-hybridized carbons (Fsp3) is 0.394. The number of hydrogen-bond acceptors (Lipinski definition) is 8. The van der Waals surface area contributed by atoms with Gasteiger partial charge in [-0.25, -0.2) is 0 Å². The number of aromatic nitrogens is 1. The number of para-hydroxylation sites is 1. The van der Waals surface area contributed by atoms with Crippen LogP contribution < -0.4 is 27.0 Å². The second kappa shape index (κ2) is 14.9. The summed E-state index contributed by atoms with van der Waals surface area (Å²) >= 11 is 0. The number of carbonyl (C=O) groups excluding carboxylic acids is 5. The Bertz CT molecular complexity index is 1540. The highest BCUT2D eigenvalue weighted by molar-refractivity contribution is 6.38. The van der Waals surface area contributed by atoms with E-state index < -0.39 is 59.2 Å². The number of carbonyl (C=O) groups is 5. The van der Waals surface area contributed by atoms with Crippen molar-refractivity contribution in [2.45, 2.75) is 72.4 Å². The molecule has 4 unspecified atom stereocenters.